The Labute approximate surface area is 107 Å². The Balaban J connectivity index is 2.14. The molecular weight excluding hydrogens is 249 g/mol. The molecule has 19 heavy (non-hydrogen) atoms. The monoisotopic (exact) mass is 261 g/mol. The zero-order valence-electron chi connectivity index (χ0n) is 10.3. The Morgan fingerprint density at radius 1 is 1.47 bits per heavy atom. The molecule has 0 unspecified atom stereocenters. The van der Waals surface area contributed by atoms with Gasteiger partial charge in [-0.1, -0.05) is 0 Å². The number of aryl methyl sites for hydroxylation is 2. The Bertz CT molecular complexity index is 788. The van der Waals surface area contributed by atoms with Crippen LogP contribution in [0.15, 0.2) is 24.4 Å². The molecule has 0 saturated carbocycles. The third kappa shape index (κ3) is 1.85. The highest BCUT2D eigenvalue weighted by Gasteiger charge is 2.12. The molecule has 0 amide bonds. The van der Waals surface area contributed by atoms with Crippen LogP contribution < -0.4 is 0 Å². The van der Waals surface area contributed by atoms with Crippen LogP contribution in [0.1, 0.15) is 12.1 Å². The largest absolute Gasteiger partial charge is 0.481 e. The lowest BCUT2D eigenvalue weighted by Crippen LogP contribution is -2.02. The summed E-state index contributed by atoms with van der Waals surface area (Å²) in [5.74, 6) is -0.464. The summed E-state index contributed by atoms with van der Waals surface area (Å²) >= 11 is 0. The summed E-state index contributed by atoms with van der Waals surface area (Å²) < 4.78 is 16.8. The molecule has 0 atom stereocenters. The van der Waals surface area contributed by atoms with E-state index < -0.39 is 5.97 Å². The van der Waals surface area contributed by atoms with Crippen molar-refractivity contribution in [1.82, 2.24) is 14.0 Å². The molecule has 1 aromatic carbocycles. The molecule has 3 aromatic rings. The second-order valence-corrected chi connectivity index (χ2v) is 4.49. The first kappa shape index (κ1) is 11.7. The van der Waals surface area contributed by atoms with Gasteiger partial charge in [0, 0.05) is 25.0 Å². The van der Waals surface area contributed by atoms with E-state index in [2.05, 4.69) is 4.98 Å². The van der Waals surface area contributed by atoms with Crippen molar-refractivity contribution >= 4 is 22.8 Å². The van der Waals surface area contributed by atoms with E-state index in [4.69, 9.17) is 5.11 Å². The summed E-state index contributed by atoms with van der Waals surface area (Å²) in [5, 5.41) is 8.72. The van der Waals surface area contributed by atoms with Gasteiger partial charge < -0.3 is 9.67 Å². The van der Waals surface area contributed by atoms with Gasteiger partial charge in [0.2, 0.25) is 5.78 Å². The lowest BCUT2D eigenvalue weighted by molar-refractivity contribution is -0.136. The molecule has 2 aromatic heterocycles. The number of fused-ring (bicyclic) bond motifs is 3. The highest BCUT2D eigenvalue weighted by molar-refractivity contribution is 5.80. The van der Waals surface area contributed by atoms with Gasteiger partial charge in [0.15, 0.2) is 0 Å². The van der Waals surface area contributed by atoms with Crippen LogP contribution in [-0.2, 0) is 18.3 Å². The molecule has 0 aliphatic heterocycles. The molecule has 5 nitrogen and oxygen atoms in total. The van der Waals surface area contributed by atoms with Crippen LogP contribution in [0.4, 0.5) is 4.39 Å². The zero-order valence-corrected chi connectivity index (χ0v) is 10.3. The number of hydrogen-bond acceptors (Lipinski definition) is 2. The summed E-state index contributed by atoms with van der Waals surface area (Å²) in [6, 6.07) is 4.45. The maximum atomic E-state index is 13.1. The molecule has 0 fully saturated rings. The Morgan fingerprint density at radius 3 is 3.00 bits per heavy atom. The smallest absolute Gasteiger partial charge is 0.303 e. The van der Waals surface area contributed by atoms with E-state index >= 15 is 0 Å². The molecular formula is C13H12FN3O2. The number of imidazole rings is 2. The first-order valence-electron chi connectivity index (χ1n) is 5.90. The number of aliphatic carboxylic acids is 1. The van der Waals surface area contributed by atoms with Crippen LogP contribution in [0.2, 0.25) is 0 Å². The van der Waals surface area contributed by atoms with Gasteiger partial charge in [-0.15, -0.1) is 0 Å². The predicted molar refractivity (Wildman–Crippen MR) is 67.6 cm³/mol. The number of halogens is 1. The minimum Gasteiger partial charge on any atom is -0.481 e. The van der Waals surface area contributed by atoms with Crippen LogP contribution in [0, 0.1) is 5.82 Å². The maximum Gasteiger partial charge on any atom is 0.303 e. The van der Waals surface area contributed by atoms with Crippen molar-refractivity contribution in [2.45, 2.75) is 12.8 Å². The summed E-state index contributed by atoms with van der Waals surface area (Å²) in [6.07, 6.45) is 2.37. The Morgan fingerprint density at radius 2 is 2.26 bits per heavy atom. The van der Waals surface area contributed by atoms with Gasteiger partial charge in [-0.25, -0.2) is 9.37 Å². The third-order valence-corrected chi connectivity index (χ3v) is 3.24. The minimum absolute atomic E-state index is 0.0770. The molecule has 0 bridgehead atoms. The van der Waals surface area contributed by atoms with Crippen LogP contribution >= 0.6 is 0 Å². The van der Waals surface area contributed by atoms with Gasteiger partial charge in [-0.3, -0.25) is 9.20 Å². The van der Waals surface area contributed by atoms with Crippen LogP contribution in [0.3, 0.4) is 0 Å². The SMILES string of the molecule is Cn1c(CCC(=O)O)cn2c3ccc(F)cc3nc12. The normalized spacial score (nSPS) is 11.5. The molecule has 3 rings (SSSR count). The van der Waals surface area contributed by atoms with Gasteiger partial charge in [-0.05, 0) is 18.6 Å². The standard InChI is InChI=1S/C13H12FN3O2/c1-16-9(3-5-12(18)19)7-17-11-4-2-8(14)6-10(11)15-13(16)17/h2,4,6-7H,3,5H2,1H3,(H,18,19). The fourth-order valence-corrected chi connectivity index (χ4v) is 2.25. The average molecular weight is 261 g/mol. The Kier molecular flexibility index (Phi) is 2.51. The van der Waals surface area contributed by atoms with Crippen LogP contribution in [0.5, 0.6) is 0 Å². The van der Waals surface area contributed by atoms with E-state index in [0.717, 1.165) is 11.2 Å². The van der Waals surface area contributed by atoms with E-state index in [1.807, 2.05) is 22.2 Å². The third-order valence-electron chi connectivity index (χ3n) is 3.24. The molecule has 0 aliphatic carbocycles. The Hall–Kier alpha value is -2.37. The summed E-state index contributed by atoms with van der Waals surface area (Å²) in [4.78, 5) is 15.0. The quantitative estimate of drug-likeness (QED) is 0.784. The van der Waals surface area contributed by atoms with E-state index in [-0.39, 0.29) is 12.2 Å². The average Bonchev–Trinajstić information content (AvgIpc) is 2.84. The van der Waals surface area contributed by atoms with Gasteiger partial charge in [0.25, 0.3) is 0 Å². The number of carboxylic acids is 1. The van der Waals surface area contributed by atoms with Gasteiger partial charge >= 0.3 is 5.97 Å². The van der Waals surface area contributed by atoms with Crippen LogP contribution in [0.25, 0.3) is 16.8 Å². The first-order valence-corrected chi connectivity index (χ1v) is 5.90. The molecule has 0 saturated heterocycles. The van der Waals surface area contributed by atoms with Crippen molar-refractivity contribution in [3.05, 3.63) is 35.9 Å². The van der Waals surface area contributed by atoms with Crippen molar-refractivity contribution in [2.75, 3.05) is 0 Å². The molecule has 2 heterocycles. The molecule has 0 spiro atoms. The van der Waals surface area contributed by atoms with Crippen molar-refractivity contribution in [3.63, 3.8) is 0 Å². The lowest BCUT2D eigenvalue weighted by Gasteiger charge is -1.99. The number of nitrogens with zero attached hydrogens (tertiary/aromatic N) is 3. The lowest BCUT2D eigenvalue weighted by atomic mass is 10.2. The molecule has 1 N–H and O–H groups in total. The molecule has 6 heteroatoms. The second-order valence-electron chi connectivity index (χ2n) is 4.49. The highest BCUT2D eigenvalue weighted by Crippen LogP contribution is 2.20. The predicted octanol–water partition coefficient (Wildman–Crippen LogP) is 1.98. The fraction of sp³-hybridized carbons (Fsp3) is 0.231. The fourth-order valence-electron chi connectivity index (χ4n) is 2.25. The van der Waals surface area contributed by atoms with Crippen molar-refractivity contribution in [2.24, 2.45) is 7.05 Å². The number of benzene rings is 1. The van der Waals surface area contributed by atoms with E-state index in [0.29, 0.717) is 17.7 Å². The molecule has 0 radical (unpaired) electrons. The topological polar surface area (TPSA) is 59.5 Å². The summed E-state index contributed by atoms with van der Waals surface area (Å²) in [7, 11) is 1.83. The number of aromatic nitrogens is 3. The number of carbonyl (C=O) groups is 1. The molecule has 98 valence electrons. The number of hydrogen-bond donors (Lipinski definition) is 1. The number of rotatable bonds is 3. The summed E-state index contributed by atoms with van der Waals surface area (Å²) in [6.45, 7) is 0. The van der Waals surface area contributed by atoms with Crippen LogP contribution in [-0.4, -0.2) is 25.0 Å². The van der Waals surface area contributed by atoms with Gasteiger partial charge in [-0.2, -0.15) is 0 Å². The maximum absolute atomic E-state index is 13.1. The van der Waals surface area contributed by atoms with E-state index in [1.165, 1.54) is 12.1 Å². The van der Waals surface area contributed by atoms with E-state index in [9.17, 15) is 9.18 Å². The number of carboxylic acid groups (broad SMARTS) is 1. The van der Waals surface area contributed by atoms with Crippen molar-refractivity contribution < 1.29 is 14.3 Å². The van der Waals surface area contributed by atoms with Crippen molar-refractivity contribution in [1.29, 1.82) is 0 Å². The van der Waals surface area contributed by atoms with Gasteiger partial charge in [0.05, 0.1) is 17.5 Å². The molecule has 0 aliphatic rings. The minimum atomic E-state index is -0.828. The second kappa shape index (κ2) is 4.08. The van der Waals surface area contributed by atoms with E-state index in [1.54, 1.807) is 6.07 Å². The summed E-state index contributed by atoms with van der Waals surface area (Å²) in [5.41, 5.74) is 2.29. The zero-order chi connectivity index (χ0) is 13.6. The highest BCUT2D eigenvalue weighted by atomic mass is 19.1. The van der Waals surface area contributed by atoms with Gasteiger partial charge in [0.1, 0.15) is 5.82 Å². The first-order chi connectivity index (χ1) is 9.06. The van der Waals surface area contributed by atoms with Crippen molar-refractivity contribution in [3.8, 4) is 0 Å².